The second-order valence-electron chi connectivity index (χ2n) is 4.90. The molecule has 100 valence electrons. The van der Waals surface area contributed by atoms with Gasteiger partial charge in [-0.1, -0.05) is 42.5 Å². The van der Waals surface area contributed by atoms with E-state index in [0.29, 0.717) is 0 Å². The average molecular weight is 263 g/mol. The Labute approximate surface area is 118 Å². The fraction of sp³-hybridized carbons (Fsp3) is 0.176. The zero-order valence-corrected chi connectivity index (χ0v) is 11.2. The minimum Gasteiger partial charge on any atom is -0.324 e. The molecule has 3 rings (SSSR count). The molecule has 3 aromatic rings. The SMILES string of the molecule is NC(CCc1ccccc1)c1cccc2nccnc12. The molecule has 3 nitrogen and oxygen atoms in total. The molecule has 1 atom stereocenters. The molecule has 0 fully saturated rings. The first kappa shape index (κ1) is 12.8. The zero-order chi connectivity index (χ0) is 13.8. The smallest absolute Gasteiger partial charge is 0.0934 e. The van der Waals surface area contributed by atoms with Crippen molar-refractivity contribution in [2.45, 2.75) is 18.9 Å². The van der Waals surface area contributed by atoms with Crippen LogP contribution in [0, 0.1) is 0 Å². The lowest BCUT2D eigenvalue weighted by Crippen LogP contribution is -2.12. The first-order chi connectivity index (χ1) is 9.84. The Kier molecular flexibility index (Phi) is 3.70. The van der Waals surface area contributed by atoms with E-state index in [1.807, 2.05) is 24.3 Å². The highest BCUT2D eigenvalue weighted by Crippen LogP contribution is 2.23. The lowest BCUT2D eigenvalue weighted by atomic mass is 9.98. The molecule has 3 heteroatoms. The van der Waals surface area contributed by atoms with E-state index in [2.05, 4.69) is 34.2 Å². The number of rotatable bonds is 4. The van der Waals surface area contributed by atoms with Crippen molar-refractivity contribution in [2.75, 3.05) is 0 Å². The van der Waals surface area contributed by atoms with Crippen LogP contribution in [0.25, 0.3) is 11.0 Å². The summed E-state index contributed by atoms with van der Waals surface area (Å²) in [7, 11) is 0. The van der Waals surface area contributed by atoms with Gasteiger partial charge in [-0.05, 0) is 30.0 Å². The highest BCUT2D eigenvalue weighted by molar-refractivity contribution is 5.77. The molecule has 0 bridgehead atoms. The van der Waals surface area contributed by atoms with Gasteiger partial charge in [-0.3, -0.25) is 9.97 Å². The zero-order valence-electron chi connectivity index (χ0n) is 11.2. The molecule has 1 aromatic heterocycles. The van der Waals surface area contributed by atoms with Gasteiger partial charge in [-0.2, -0.15) is 0 Å². The van der Waals surface area contributed by atoms with Crippen molar-refractivity contribution in [1.29, 1.82) is 0 Å². The summed E-state index contributed by atoms with van der Waals surface area (Å²) in [6.45, 7) is 0. The molecule has 0 radical (unpaired) electrons. The number of hydrogen-bond donors (Lipinski definition) is 1. The summed E-state index contributed by atoms with van der Waals surface area (Å²) in [6.07, 6.45) is 5.30. The van der Waals surface area contributed by atoms with Crippen LogP contribution in [0.1, 0.15) is 23.6 Å². The number of aryl methyl sites for hydroxylation is 1. The molecule has 2 N–H and O–H groups in total. The third kappa shape index (κ3) is 2.68. The Morgan fingerprint density at radius 2 is 1.70 bits per heavy atom. The minimum absolute atomic E-state index is 0.0180. The highest BCUT2D eigenvalue weighted by Gasteiger charge is 2.11. The van der Waals surface area contributed by atoms with Crippen molar-refractivity contribution in [3.63, 3.8) is 0 Å². The van der Waals surface area contributed by atoms with E-state index < -0.39 is 0 Å². The first-order valence-electron chi connectivity index (χ1n) is 6.84. The van der Waals surface area contributed by atoms with Crippen LogP contribution in [0.3, 0.4) is 0 Å². The molecular weight excluding hydrogens is 246 g/mol. The van der Waals surface area contributed by atoms with E-state index >= 15 is 0 Å². The number of hydrogen-bond acceptors (Lipinski definition) is 3. The van der Waals surface area contributed by atoms with Crippen molar-refractivity contribution in [3.8, 4) is 0 Å². The maximum atomic E-state index is 6.34. The Bertz CT molecular complexity index is 689. The number of fused-ring (bicyclic) bond motifs is 1. The molecular formula is C17H17N3. The fourth-order valence-corrected chi connectivity index (χ4v) is 2.44. The molecule has 20 heavy (non-hydrogen) atoms. The summed E-state index contributed by atoms with van der Waals surface area (Å²) in [4.78, 5) is 8.74. The van der Waals surface area contributed by atoms with Crippen molar-refractivity contribution >= 4 is 11.0 Å². The van der Waals surface area contributed by atoms with Gasteiger partial charge in [0.05, 0.1) is 11.0 Å². The lowest BCUT2D eigenvalue weighted by molar-refractivity contribution is 0.654. The maximum absolute atomic E-state index is 6.34. The molecule has 1 heterocycles. The summed E-state index contributed by atoms with van der Waals surface area (Å²) in [6, 6.07) is 16.4. The van der Waals surface area contributed by atoms with E-state index in [1.54, 1.807) is 12.4 Å². The van der Waals surface area contributed by atoms with E-state index in [0.717, 1.165) is 29.4 Å². The van der Waals surface area contributed by atoms with Gasteiger partial charge in [0.1, 0.15) is 0 Å². The van der Waals surface area contributed by atoms with Crippen molar-refractivity contribution in [2.24, 2.45) is 5.73 Å². The number of aromatic nitrogens is 2. The van der Waals surface area contributed by atoms with Crippen molar-refractivity contribution in [1.82, 2.24) is 9.97 Å². The van der Waals surface area contributed by atoms with Gasteiger partial charge in [-0.15, -0.1) is 0 Å². The topological polar surface area (TPSA) is 51.8 Å². The molecule has 0 saturated carbocycles. The average Bonchev–Trinajstić information content (AvgIpc) is 2.53. The Hall–Kier alpha value is -2.26. The van der Waals surface area contributed by atoms with Gasteiger partial charge in [0.25, 0.3) is 0 Å². The molecule has 0 spiro atoms. The summed E-state index contributed by atoms with van der Waals surface area (Å²) >= 11 is 0. The molecule has 0 amide bonds. The Balaban J connectivity index is 1.80. The summed E-state index contributed by atoms with van der Waals surface area (Å²) < 4.78 is 0. The van der Waals surface area contributed by atoms with Crippen LogP contribution in [0.4, 0.5) is 0 Å². The fourth-order valence-electron chi connectivity index (χ4n) is 2.44. The van der Waals surface area contributed by atoms with Crippen LogP contribution in [-0.2, 0) is 6.42 Å². The van der Waals surface area contributed by atoms with Crippen LogP contribution in [-0.4, -0.2) is 9.97 Å². The van der Waals surface area contributed by atoms with Crippen LogP contribution < -0.4 is 5.73 Å². The van der Waals surface area contributed by atoms with Crippen molar-refractivity contribution in [3.05, 3.63) is 72.1 Å². The van der Waals surface area contributed by atoms with E-state index in [4.69, 9.17) is 5.73 Å². The maximum Gasteiger partial charge on any atom is 0.0934 e. The van der Waals surface area contributed by atoms with Gasteiger partial charge in [0, 0.05) is 18.4 Å². The largest absolute Gasteiger partial charge is 0.324 e. The molecule has 0 aliphatic rings. The number of benzene rings is 2. The van der Waals surface area contributed by atoms with E-state index in [9.17, 15) is 0 Å². The van der Waals surface area contributed by atoms with Crippen LogP contribution >= 0.6 is 0 Å². The normalized spacial score (nSPS) is 12.4. The van der Waals surface area contributed by atoms with E-state index in [1.165, 1.54) is 5.56 Å². The van der Waals surface area contributed by atoms with Gasteiger partial charge < -0.3 is 5.73 Å². The molecule has 0 aliphatic heterocycles. The highest BCUT2D eigenvalue weighted by atomic mass is 14.8. The molecule has 0 aliphatic carbocycles. The van der Waals surface area contributed by atoms with Crippen LogP contribution in [0.2, 0.25) is 0 Å². The monoisotopic (exact) mass is 263 g/mol. The number of nitrogens with two attached hydrogens (primary N) is 1. The third-order valence-corrected chi connectivity index (χ3v) is 3.52. The molecule has 1 unspecified atom stereocenters. The second-order valence-corrected chi connectivity index (χ2v) is 4.90. The quantitative estimate of drug-likeness (QED) is 0.786. The van der Waals surface area contributed by atoms with Gasteiger partial charge in [-0.25, -0.2) is 0 Å². The van der Waals surface area contributed by atoms with Crippen LogP contribution in [0.15, 0.2) is 60.9 Å². The standard InChI is InChI=1S/C17H17N3/c18-15(10-9-13-5-2-1-3-6-13)14-7-4-8-16-17(14)20-12-11-19-16/h1-8,11-12,15H,9-10,18H2. The number of nitrogens with zero attached hydrogens (tertiary/aromatic N) is 2. The summed E-state index contributed by atoms with van der Waals surface area (Å²) in [5.74, 6) is 0. The third-order valence-electron chi connectivity index (χ3n) is 3.52. The second kappa shape index (κ2) is 5.80. The first-order valence-corrected chi connectivity index (χ1v) is 6.84. The summed E-state index contributed by atoms with van der Waals surface area (Å²) in [5.41, 5.74) is 10.5. The van der Waals surface area contributed by atoms with Crippen molar-refractivity contribution < 1.29 is 0 Å². The molecule has 2 aromatic carbocycles. The van der Waals surface area contributed by atoms with Gasteiger partial charge >= 0.3 is 0 Å². The summed E-state index contributed by atoms with van der Waals surface area (Å²) in [5, 5.41) is 0. The van der Waals surface area contributed by atoms with Gasteiger partial charge in [0.2, 0.25) is 0 Å². The lowest BCUT2D eigenvalue weighted by Gasteiger charge is -2.13. The Morgan fingerprint density at radius 1 is 0.900 bits per heavy atom. The van der Waals surface area contributed by atoms with Gasteiger partial charge in [0.15, 0.2) is 0 Å². The van der Waals surface area contributed by atoms with Crippen LogP contribution in [0.5, 0.6) is 0 Å². The Morgan fingerprint density at radius 3 is 2.55 bits per heavy atom. The predicted molar refractivity (Wildman–Crippen MR) is 81.2 cm³/mol. The predicted octanol–water partition coefficient (Wildman–Crippen LogP) is 3.26. The van der Waals surface area contributed by atoms with E-state index in [-0.39, 0.29) is 6.04 Å². The minimum atomic E-state index is -0.0180. The number of para-hydroxylation sites is 1. The molecule has 0 saturated heterocycles.